The number of carbonyl (C=O) groups excluding carboxylic acids is 1. The number of anilines is 1. The number of likely N-dealkylation sites (tertiary alicyclic amines) is 1. The summed E-state index contributed by atoms with van der Waals surface area (Å²) in [5.41, 5.74) is 2.67. The van der Waals surface area contributed by atoms with E-state index in [-0.39, 0.29) is 0 Å². The maximum Gasteiger partial charge on any atom is 0.226 e. The van der Waals surface area contributed by atoms with Gasteiger partial charge < -0.3 is 15.0 Å². The smallest absolute Gasteiger partial charge is 0.226 e. The predicted octanol–water partition coefficient (Wildman–Crippen LogP) is 4.38. The van der Waals surface area contributed by atoms with Crippen molar-refractivity contribution in [3.63, 3.8) is 0 Å². The molecular weight excluding hydrogens is 400 g/mol. The highest BCUT2D eigenvalue weighted by Gasteiger charge is 2.61. The molecular formula is C26H34N4O2. The highest BCUT2D eigenvalue weighted by Crippen LogP contribution is 2.66. The summed E-state index contributed by atoms with van der Waals surface area (Å²) in [6, 6.07) is 10.1. The van der Waals surface area contributed by atoms with Gasteiger partial charge in [-0.15, -0.1) is 0 Å². The summed E-state index contributed by atoms with van der Waals surface area (Å²) in [6.45, 7) is 4.45. The second kappa shape index (κ2) is 8.72. The number of aromatic nitrogens is 2. The molecule has 1 aliphatic heterocycles. The van der Waals surface area contributed by atoms with Gasteiger partial charge in [-0.1, -0.05) is 18.6 Å². The normalized spacial score (nSPS) is 21.8. The molecule has 0 bridgehead atoms. The first kappa shape index (κ1) is 21.2. The summed E-state index contributed by atoms with van der Waals surface area (Å²) in [4.78, 5) is 24.2. The van der Waals surface area contributed by atoms with Crippen LogP contribution in [0.1, 0.15) is 55.6 Å². The number of aryl methyl sites for hydroxylation is 1. The first-order valence-electron chi connectivity index (χ1n) is 12.0. The Kier molecular flexibility index (Phi) is 5.78. The fraction of sp³-hybridized carbons (Fsp3) is 0.577. The maximum atomic E-state index is 12.8. The number of carbonyl (C=O) groups is 1. The molecule has 1 aromatic carbocycles. The first-order chi connectivity index (χ1) is 15.5. The Labute approximate surface area is 190 Å². The van der Waals surface area contributed by atoms with E-state index in [4.69, 9.17) is 4.74 Å². The van der Waals surface area contributed by atoms with Gasteiger partial charge in [0.2, 0.25) is 5.91 Å². The van der Waals surface area contributed by atoms with Gasteiger partial charge in [0.15, 0.2) is 0 Å². The number of nitrogens with zero attached hydrogens (tertiary/aromatic N) is 3. The van der Waals surface area contributed by atoms with Crippen LogP contribution in [0.25, 0.3) is 0 Å². The van der Waals surface area contributed by atoms with E-state index in [1.165, 1.54) is 19.3 Å². The summed E-state index contributed by atoms with van der Waals surface area (Å²) in [5.74, 6) is 3.88. The van der Waals surface area contributed by atoms with Gasteiger partial charge in [0, 0.05) is 37.3 Å². The zero-order chi connectivity index (χ0) is 22.1. The minimum absolute atomic E-state index is 0.343. The largest absolute Gasteiger partial charge is 0.497 e. The van der Waals surface area contributed by atoms with Crippen LogP contribution in [0.5, 0.6) is 5.75 Å². The van der Waals surface area contributed by atoms with E-state index in [0.29, 0.717) is 29.7 Å². The highest BCUT2D eigenvalue weighted by atomic mass is 16.5. The molecule has 1 aromatic heterocycles. The van der Waals surface area contributed by atoms with E-state index in [1.807, 2.05) is 25.1 Å². The molecule has 1 atom stereocenters. The average molecular weight is 435 g/mol. The number of ether oxygens (including phenoxy) is 1. The summed E-state index contributed by atoms with van der Waals surface area (Å²) in [5, 5.41) is 3.43. The average Bonchev–Trinajstić information content (AvgIpc) is 3.55. The standard InChI is InChI=1S/C26H34N4O2/c1-18-28-21(15-24(29-18)27-17-20-5-3-6-22(14-20)32-2)13-19-7-11-30(12-8-19)25(31)23-16-26(23)9-4-10-26/h3,5-6,14-15,19,23H,4,7-13,16-17H2,1-2H3,(H,27,28,29). The van der Waals surface area contributed by atoms with E-state index in [2.05, 4.69) is 32.3 Å². The van der Waals surface area contributed by atoms with Gasteiger partial charge in [-0.3, -0.25) is 4.79 Å². The van der Waals surface area contributed by atoms with Crippen molar-refractivity contribution < 1.29 is 9.53 Å². The van der Waals surface area contributed by atoms with Gasteiger partial charge in [-0.2, -0.15) is 0 Å². The molecule has 5 rings (SSSR count). The molecule has 2 saturated carbocycles. The molecule has 1 unspecified atom stereocenters. The lowest BCUT2D eigenvalue weighted by Crippen LogP contribution is -2.41. The third-order valence-electron chi connectivity index (χ3n) is 7.76. The fourth-order valence-electron chi connectivity index (χ4n) is 5.55. The number of benzene rings is 1. The molecule has 2 aromatic rings. The van der Waals surface area contributed by atoms with Gasteiger partial charge in [-0.25, -0.2) is 9.97 Å². The monoisotopic (exact) mass is 434 g/mol. The number of nitrogens with one attached hydrogen (secondary N) is 1. The van der Waals surface area contributed by atoms with Crippen molar-refractivity contribution in [2.24, 2.45) is 17.3 Å². The fourth-order valence-corrected chi connectivity index (χ4v) is 5.55. The number of hydrogen-bond donors (Lipinski definition) is 1. The van der Waals surface area contributed by atoms with E-state index in [9.17, 15) is 4.79 Å². The summed E-state index contributed by atoms with van der Waals surface area (Å²) >= 11 is 0. The van der Waals surface area contributed by atoms with Crippen LogP contribution in [0.3, 0.4) is 0 Å². The van der Waals surface area contributed by atoms with E-state index in [1.54, 1.807) is 7.11 Å². The molecule has 1 N–H and O–H groups in total. The zero-order valence-electron chi connectivity index (χ0n) is 19.3. The molecule has 32 heavy (non-hydrogen) atoms. The van der Waals surface area contributed by atoms with Gasteiger partial charge in [0.05, 0.1) is 7.11 Å². The van der Waals surface area contributed by atoms with E-state index in [0.717, 1.165) is 67.4 Å². The zero-order valence-corrected chi connectivity index (χ0v) is 19.3. The molecule has 6 nitrogen and oxygen atoms in total. The number of amides is 1. The first-order valence-corrected chi connectivity index (χ1v) is 12.0. The lowest BCUT2D eigenvalue weighted by molar-refractivity contribution is -0.135. The Morgan fingerprint density at radius 2 is 2.03 bits per heavy atom. The second-order valence-corrected chi connectivity index (χ2v) is 9.94. The van der Waals surface area contributed by atoms with Gasteiger partial charge in [-0.05, 0) is 74.5 Å². The number of rotatable bonds is 7. The molecule has 1 amide bonds. The molecule has 3 aliphatic rings. The quantitative estimate of drug-likeness (QED) is 0.701. The Morgan fingerprint density at radius 3 is 2.72 bits per heavy atom. The van der Waals surface area contributed by atoms with Crippen LogP contribution in [0.15, 0.2) is 30.3 Å². The SMILES string of the molecule is COc1cccc(CNc2cc(CC3CCN(C(=O)C4CC45CCC5)CC3)nc(C)n2)c1. The van der Waals surface area contributed by atoms with Crippen molar-refractivity contribution in [3.05, 3.63) is 47.4 Å². The van der Waals surface area contributed by atoms with Crippen LogP contribution in [0.4, 0.5) is 5.82 Å². The summed E-state index contributed by atoms with van der Waals surface area (Å²) < 4.78 is 5.31. The molecule has 1 saturated heterocycles. The van der Waals surface area contributed by atoms with Crippen LogP contribution < -0.4 is 10.1 Å². The minimum atomic E-state index is 0.343. The number of methoxy groups -OCH3 is 1. The Morgan fingerprint density at radius 1 is 1.22 bits per heavy atom. The molecule has 170 valence electrons. The van der Waals surface area contributed by atoms with Crippen molar-refractivity contribution in [2.45, 2.75) is 58.4 Å². The highest BCUT2D eigenvalue weighted by molar-refractivity contribution is 5.83. The molecule has 3 fully saturated rings. The molecule has 0 radical (unpaired) electrons. The summed E-state index contributed by atoms with van der Waals surface area (Å²) in [7, 11) is 1.68. The van der Waals surface area contributed by atoms with Crippen LogP contribution in [0.2, 0.25) is 0 Å². The Balaban J connectivity index is 1.14. The Hall–Kier alpha value is -2.63. The number of hydrogen-bond acceptors (Lipinski definition) is 5. The van der Waals surface area contributed by atoms with E-state index >= 15 is 0 Å². The van der Waals surface area contributed by atoms with E-state index < -0.39 is 0 Å². The lowest BCUT2D eigenvalue weighted by atomic mass is 9.79. The third-order valence-corrected chi connectivity index (χ3v) is 7.76. The maximum absolute atomic E-state index is 12.8. The van der Waals surface area contributed by atoms with Crippen molar-refractivity contribution >= 4 is 11.7 Å². The molecule has 2 heterocycles. The molecule has 2 aliphatic carbocycles. The van der Waals surface area contributed by atoms with Crippen molar-refractivity contribution in [1.29, 1.82) is 0 Å². The topological polar surface area (TPSA) is 67.3 Å². The number of piperidine rings is 1. The van der Waals surface area contributed by atoms with Crippen LogP contribution in [-0.4, -0.2) is 41.0 Å². The predicted molar refractivity (Wildman–Crippen MR) is 124 cm³/mol. The van der Waals surface area contributed by atoms with Crippen LogP contribution >= 0.6 is 0 Å². The molecule has 1 spiro atoms. The third kappa shape index (κ3) is 4.45. The van der Waals surface area contributed by atoms with Gasteiger partial charge >= 0.3 is 0 Å². The van der Waals surface area contributed by atoms with Gasteiger partial charge in [0.25, 0.3) is 0 Å². The van der Waals surface area contributed by atoms with Crippen molar-refractivity contribution in [2.75, 3.05) is 25.5 Å². The Bertz CT molecular complexity index is 980. The second-order valence-electron chi connectivity index (χ2n) is 9.94. The van der Waals surface area contributed by atoms with Crippen molar-refractivity contribution in [3.8, 4) is 5.75 Å². The van der Waals surface area contributed by atoms with Gasteiger partial charge in [0.1, 0.15) is 17.4 Å². The van der Waals surface area contributed by atoms with Crippen LogP contribution in [0, 0.1) is 24.2 Å². The molecule has 6 heteroatoms. The van der Waals surface area contributed by atoms with Crippen LogP contribution in [-0.2, 0) is 17.8 Å². The summed E-state index contributed by atoms with van der Waals surface area (Å²) in [6.07, 6.45) is 8.12. The van der Waals surface area contributed by atoms with Crippen molar-refractivity contribution in [1.82, 2.24) is 14.9 Å². The minimum Gasteiger partial charge on any atom is -0.497 e. The lowest BCUT2D eigenvalue weighted by Gasteiger charge is -2.34.